The topological polar surface area (TPSA) is 17.8 Å². The van der Waals surface area contributed by atoms with Crippen molar-refractivity contribution in [3.05, 3.63) is 28.5 Å². The standard InChI is InChI=1S/C16H20BrClN2/c17-13-6-7-15-14(10-13)19-16(11-18)20(15)9-8-12-4-2-1-3-5-12/h6-7,10,12H,1-5,8-9,11H2. The molecule has 1 aromatic heterocycles. The van der Waals surface area contributed by atoms with Gasteiger partial charge in [-0.1, -0.05) is 48.0 Å². The van der Waals surface area contributed by atoms with Crippen LogP contribution in [0, 0.1) is 5.92 Å². The highest BCUT2D eigenvalue weighted by molar-refractivity contribution is 9.10. The summed E-state index contributed by atoms with van der Waals surface area (Å²) in [6, 6.07) is 6.30. The minimum atomic E-state index is 0.483. The number of aryl methyl sites for hydroxylation is 1. The number of halogens is 2. The Morgan fingerprint density at radius 3 is 2.80 bits per heavy atom. The molecular formula is C16H20BrClN2. The van der Waals surface area contributed by atoms with Gasteiger partial charge in [0.2, 0.25) is 0 Å². The van der Waals surface area contributed by atoms with Gasteiger partial charge in [0.1, 0.15) is 5.82 Å². The van der Waals surface area contributed by atoms with Crippen LogP contribution < -0.4 is 0 Å². The van der Waals surface area contributed by atoms with E-state index in [1.54, 1.807) is 0 Å². The van der Waals surface area contributed by atoms with Gasteiger partial charge in [-0.25, -0.2) is 4.98 Å². The molecule has 1 aromatic carbocycles. The average molecular weight is 356 g/mol. The number of hydrogen-bond acceptors (Lipinski definition) is 1. The second-order valence-corrected chi connectivity index (χ2v) is 6.92. The van der Waals surface area contributed by atoms with Crippen LogP contribution in [0.2, 0.25) is 0 Å². The molecule has 2 nitrogen and oxygen atoms in total. The molecule has 108 valence electrons. The predicted molar refractivity (Wildman–Crippen MR) is 88.2 cm³/mol. The van der Waals surface area contributed by atoms with Gasteiger partial charge in [-0.15, -0.1) is 11.6 Å². The molecule has 1 saturated carbocycles. The van der Waals surface area contributed by atoms with E-state index in [2.05, 4.69) is 43.7 Å². The van der Waals surface area contributed by atoms with Crippen LogP contribution in [0.3, 0.4) is 0 Å². The Bertz CT molecular complexity index is 587. The number of alkyl halides is 1. The fourth-order valence-corrected chi connectivity index (χ4v) is 3.84. The average Bonchev–Trinajstić information content (AvgIpc) is 2.83. The minimum absolute atomic E-state index is 0.483. The fourth-order valence-electron chi connectivity index (χ4n) is 3.29. The van der Waals surface area contributed by atoms with Gasteiger partial charge in [0.05, 0.1) is 16.9 Å². The molecule has 0 amide bonds. The van der Waals surface area contributed by atoms with Crippen molar-refractivity contribution >= 4 is 38.6 Å². The summed E-state index contributed by atoms with van der Waals surface area (Å²) in [6.07, 6.45) is 8.29. The molecule has 20 heavy (non-hydrogen) atoms. The maximum atomic E-state index is 6.07. The molecule has 4 heteroatoms. The monoisotopic (exact) mass is 354 g/mol. The van der Waals surface area contributed by atoms with Crippen LogP contribution in [0.15, 0.2) is 22.7 Å². The van der Waals surface area contributed by atoms with Crippen molar-refractivity contribution < 1.29 is 0 Å². The normalized spacial score (nSPS) is 16.9. The molecule has 1 aliphatic rings. The molecule has 3 rings (SSSR count). The summed E-state index contributed by atoms with van der Waals surface area (Å²) in [7, 11) is 0. The lowest BCUT2D eigenvalue weighted by Gasteiger charge is -2.22. The first kappa shape index (κ1) is 14.4. The number of fused-ring (bicyclic) bond motifs is 1. The van der Waals surface area contributed by atoms with Gasteiger partial charge < -0.3 is 4.57 Å². The second-order valence-electron chi connectivity index (χ2n) is 5.74. The number of nitrogens with zero attached hydrogens (tertiary/aromatic N) is 2. The molecule has 0 N–H and O–H groups in total. The van der Waals surface area contributed by atoms with E-state index in [1.807, 2.05) is 0 Å². The van der Waals surface area contributed by atoms with Crippen molar-refractivity contribution in [2.45, 2.75) is 50.9 Å². The smallest absolute Gasteiger partial charge is 0.124 e. The maximum Gasteiger partial charge on any atom is 0.124 e. The summed E-state index contributed by atoms with van der Waals surface area (Å²) in [5, 5.41) is 0. The van der Waals surface area contributed by atoms with Crippen LogP contribution in [0.25, 0.3) is 11.0 Å². The number of imidazole rings is 1. The molecule has 0 unspecified atom stereocenters. The zero-order chi connectivity index (χ0) is 13.9. The molecule has 1 aliphatic carbocycles. The van der Waals surface area contributed by atoms with Gasteiger partial charge >= 0.3 is 0 Å². The highest BCUT2D eigenvalue weighted by Crippen LogP contribution is 2.28. The molecular weight excluding hydrogens is 336 g/mol. The van der Waals surface area contributed by atoms with Crippen molar-refractivity contribution in [3.8, 4) is 0 Å². The lowest BCUT2D eigenvalue weighted by atomic mass is 9.87. The number of hydrogen-bond donors (Lipinski definition) is 0. The summed E-state index contributed by atoms with van der Waals surface area (Å²) in [6.45, 7) is 1.05. The highest BCUT2D eigenvalue weighted by Gasteiger charge is 2.15. The van der Waals surface area contributed by atoms with E-state index in [0.717, 1.165) is 28.3 Å². The maximum absolute atomic E-state index is 6.07. The Morgan fingerprint density at radius 2 is 2.05 bits per heavy atom. The van der Waals surface area contributed by atoms with Crippen LogP contribution in [-0.4, -0.2) is 9.55 Å². The first-order valence-electron chi connectivity index (χ1n) is 7.48. The van der Waals surface area contributed by atoms with Crippen LogP contribution in [-0.2, 0) is 12.4 Å². The third-order valence-corrected chi connectivity index (χ3v) is 5.13. The Balaban J connectivity index is 1.81. The molecule has 0 saturated heterocycles. The third-order valence-electron chi connectivity index (χ3n) is 4.39. The van der Waals surface area contributed by atoms with Crippen molar-refractivity contribution in [1.29, 1.82) is 0 Å². The molecule has 0 spiro atoms. The van der Waals surface area contributed by atoms with Crippen LogP contribution in [0.1, 0.15) is 44.3 Å². The molecule has 1 heterocycles. The Hall–Kier alpha value is -0.540. The molecule has 0 radical (unpaired) electrons. The van der Waals surface area contributed by atoms with Crippen LogP contribution >= 0.6 is 27.5 Å². The van der Waals surface area contributed by atoms with Crippen molar-refractivity contribution in [1.82, 2.24) is 9.55 Å². The van der Waals surface area contributed by atoms with E-state index in [1.165, 1.54) is 44.0 Å². The number of aromatic nitrogens is 2. The van der Waals surface area contributed by atoms with E-state index in [4.69, 9.17) is 11.6 Å². The zero-order valence-electron chi connectivity index (χ0n) is 11.6. The zero-order valence-corrected chi connectivity index (χ0v) is 14.0. The quantitative estimate of drug-likeness (QED) is 0.661. The lowest BCUT2D eigenvalue weighted by molar-refractivity contribution is 0.324. The van der Waals surface area contributed by atoms with E-state index < -0.39 is 0 Å². The lowest BCUT2D eigenvalue weighted by Crippen LogP contribution is -2.11. The van der Waals surface area contributed by atoms with Crippen molar-refractivity contribution in [3.63, 3.8) is 0 Å². The Kier molecular flexibility index (Phi) is 4.67. The first-order chi connectivity index (χ1) is 9.78. The van der Waals surface area contributed by atoms with Crippen molar-refractivity contribution in [2.24, 2.45) is 5.92 Å². The van der Waals surface area contributed by atoms with E-state index in [-0.39, 0.29) is 0 Å². The number of benzene rings is 1. The summed E-state index contributed by atoms with van der Waals surface area (Å²) in [4.78, 5) is 4.66. The van der Waals surface area contributed by atoms with Gasteiger partial charge in [-0.05, 0) is 30.5 Å². The van der Waals surface area contributed by atoms with E-state index in [9.17, 15) is 0 Å². The second kappa shape index (κ2) is 6.48. The molecule has 1 fully saturated rings. The van der Waals surface area contributed by atoms with Crippen molar-refractivity contribution in [2.75, 3.05) is 0 Å². The van der Waals surface area contributed by atoms with Gasteiger partial charge in [-0.2, -0.15) is 0 Å². The van der Waals surface area contributed by atoms with Crippen LogP contribution in [0.4, 0.5) is 0 Å². The first-order valence-corrected chi connectivity index (χ1v) is 8.81. The molecule has 0 aliphatic heterocycles. The van der Waals surface area contributed by atoms with E-state index >= 15 is 0 Å². The Morgan fingerprint density at radius 1 is 1.25 bits per heavy atom. The van der Waals surface area contributed by atoms with Crippen LogP contribution in [0.5, 0.6) is 0 Å². The van der Waals surface area contributed by atoms with Gasteiger partial charge in [0.15, 0.2) is 0 Å². The molecule has 0 atom stereocenters. The number of rotatable bonds is 4. The summed E-state index contributed by atoms with van der Waals surface area (Å²) >= 11 is 9.58. The summed E-state index contributed by atoms with van der Waals surface area (Å²) in [5.41, 5.74) is 2.25. The predicted octanol–water partition coefficient (Wildman–Crippen LogP) is 5.51. The van der Waals surface area contributed by atoms with E-state index in [0.29, 0.717) is 5.88 Å². The van der Waals surface area contributed by atoms with Gasteiger partial charge in [0, 0.05) is 11.0 Å². The summed E-state index contributed by atoms with van der Waals surface area (Å²) < 4.78 is 3.38. The van der Waals surface area contributed by atoms with Gasteiger partial charge in [0.25, 0.3) is 0 Å². The summed E-state index contributed by atoms with van der Waals surface area (Å²) in [5.74, 6) is 2.37. The molecule has 0 bridgehead atoms. The van der Waals surface area contributed by atoms with Gasteiger partial charge in [-0.3, -0.25) is 0 Å². The molecule has 2 aromatic rings. The minimum Gasteiger partial charge on any atom is -0.327 e. The third kappa shape index (κ3) is 3.04. The fraction of sp³-hybridized carbons (Fsp3) is 0.562. The Labute approximate surface area is 133 Å². The SMILES string of the molecule is ClCc1nc2cc(Br)ccc2n1CCC1CCCCC1. The largest absolute Gasteiger partial charge is 0.327 e. The highest BCUT2D eigenvalue weighted by atomic mass is 79.9.